The Morgan fingerprint density at radius 1 is 1.16 bits per heavy atom. The SMILES string of the molecule is CC(C)NCC1(c2cccc(Cl)c2)CCCCCC1. The highest BCUT2D eigenvalue weighted by Gasteiger charge is 2.32. The molecular weight excluding hydrogens is 254 g/mol. The van der Waals surface area contributed by atoms with Crippen LogP contribution in [0, 0.1) is 0 Å². The molecule has 106 valence electrons. The summed E-state index contributed by atoms with van der Waals surface area (Å²) in [4.78, 5) is 0. The summed E-state index contributed by atoms with van der Waals surface area (Å²) >= 11 is 6.21. The van der Waals surface area contributed by atoms with Crippen molar-refractivity contribution in [3.05, 3.63) is 34.9 Å². The van der Waals surface area contributed by atoms with Gasteiger partial charge in [-0.1, -0.05) is 63.3 Å². The van der Waals surface area contributed by atoms with Gasteiger partial charge in [0.25, 0.3) is 0 Å². The first-order valence-corrected chi connectivity index (χ1v) is 8.00. The largest absolute Gasteiger partial charge is 0.314 e. The zero-order valence-electron chi connectivity index (χ0n) is 12.2. The van der Waals surface area contributed by atoms with E-state index < -0.39 is 0 Å². The van der Waals surface area contributed by atoms with E-state index in [4.69, 9.17) is 11.6 Å². The zero-order chi connectivity index (χ0) is 13.7. The smallest absolute Gasteiger partial charge is 0.0408 e. The Hall–Kier alpha value is -0.530. The molecule has 0 radical (unpaired) electrons. The molecule has 0 amide bonds. The number of rotatable bonds is 4. The van der Waals surface area contributed by atoms with Crippen LogP contribution in [0.3, 0.4) is 0 Å². The van der Waals surface area contributed by atoms with Crippen LogP contribution in [0.1, 0.15) is 57.9 Å². The molecule has 1 aliphatic rings. The van der Waals surface area contributed by atoms with Gasteiger partial charge in [0, 0.05) is 23.0 Å². The lowest BCUT2D eigenvalue weighted by Gasteiger charge is -2.35. The van der Waals surface area contributed by atoms with Gasteiger partial charge in [-0.3, -0.25) is 0 Å². The lowest BCUT2D eigenvalue weighted by atomic mass is 9.74. The summed E-state index contributed by atoms with van der Waals surface area (Å²) in [6.07, 6.45) is 8.01. The molecule has 2 rings (SSSR count). The fraction of sp³-hybridized carbons (Fsp3) is 0.647. The quantitative estimate of drug-likeness (QED) is 0.771. The van der Waals surface area contributed by atoms with Crippen LogP contribution in [0.4, 0.5) is 0 Å². The molecule has 0 heterocycles. The van der Waals surface area contributed by atoms with Crippen molar-refractivity contribution in [3.8, 4) is 0 Å². The summed E-state index contributed by atoms with van der Waals surface area (Å²) in [5.41, 5.74) is 1.71. The van der Waals surface area contributed by atoms with E-state index in [1.54, 1.807) is 0 Å². The molecule has 1 N–H and O–H groups in total. The van der Waals surface area contributed by atoms with Crippen LogP contribution in [-0.2, 0) is 5.41 Å². The van der Waals surface area contributed by atoms with Gasteiger partial charge in [-0.15, -0.1) is 0 Å². The third-order valence-corrected chi connectivity index (χ3v) is 4.58. The summed E-state index contributed by atoms with van der Waals surface area (Å²) in [5, 5.41) is 4.53. The van der Waals surface area contributed by atoms with Crippen LogP contribution in [0.2, 0.25) is 5.02 Å². The number of nitrogens with one attached hydrogen (secondary N) is 1. The number of hydrogen-bond donors (Lipinski definition) is 1. The fourth-order valence-electron chi connectivity index (χ4n) is 3.19. The second-order valence-corrected chi connectivity index (χ2v) is 6.68. The standard InChI is InChI=1S/C17H26ClN/c1-14(2)19-13-17(10-5-3-4-6-11-17)15-8-7-9-16(18)12-15/h7-9,12,14,19H,3-6,10-11,13H2,1-2H3. The first-order chi connectivity index (χ1) is 9.12. The molecule has 19 heavy (non-hydrogen) atoms. The van der Waals surface area contributed by atoms with Crippen molar-refractivity contribution in [2.24, 2.45) is 0 Å². The van der Waals surface area contributed by atoms with Crippen LogP contribution in [0.5, 0.6) is 0 Å². The topological polar surface area (TPSA) is 12.0 Å². The Kier molecular flexibility index (Phi) is 5.29. The van der Waals surface area contributed by atoms with Crippen LogP contribution in [-0.4, -0.2) is 12.6 Å². The maximum atomic E-state index is 6.21. The van der Waals surface area contributed by atoms with Gasteiger partial charge < -0.3 is 5.32 Å². The Morgan fingerprint density at radius 2 is 1.84 bits per heavy atom. The summed E-state index contributed by atoms with van der Waals surface area (Å²) in [7, 11) is 0. The highest BCUT2D eigenvalue weighted by atomic mass is 35.5. The average molecular weight is 280 g/mol. The fourth-order valence-corrected chi connectivity index (χ4v) is 3.38. The second-order valence-electron chi connectivity index (χ2n) is 6.24. The van der Waals surface area contributed by atoms with E-state index >= 15 is 0 Å². The summed E-state index contributed by atoms with van der Waals surface area (Å²) < 4.78 is 0. The van der Waals surface area contributed by atoms with Crippen molar-refractivity contribution < 1.29 is 0 Å². The van der Waals surface area contributed by atoms with Crippen molar-refractivity contribution in [2.75, 3.05) is 6.54 Å². The van der Waals surface area contributed by atoms with Crippen LogP contribution in [0.25, 0.3) is 0 Å². The van der Waals surface area contributed by atoms with E-state index in [1.165, 1.54) is 44.1 Å². The van der Waals surface area contributed by atoms with Crippen molar-refractivity contribution in [1.29, 1.82) is 0 Å². The molecule has 2 heteroatoms. The molecule has 1 aliphatic carbocycles. The molecule has 1 fully saturated rings. The van der Waals surface area contributed by atoms with E-state index in [0.29, 0.717) is 6.04 Å². The predicted octanol–water partition coefficient (Wildman–Crippen LogP) is 4.93. The number of halogens is 1. The van der Waals surface area contributed by atoms with Gasteiger partial charge in [0.15, 0.2) is 0 Å². The zero-order valence-corrected chi connectivity index (χ0v) is 13.0. The van der Waals surface area contributed by atoms with Gasteiger partial charge in [0.05, 0.1) is 0 Å². The number of benzene rings is 1. The third-order valence-electron chi connectivity index (χ3n) is 4.35. The highest BCUT2D eigenvalue weighted by molar-refractivity contribution is 6.30. The molecule has 0 atom stereocenters. The van der Waals surface area contributed by atoms with Gasteiger partial charge in [-0.25, -0.2) is 0 Å². The predicted molar refractivity (Wildman–Crippen MR) is 84.0 cm³/mol. The van der Waals surface area contributed by atoms with Crippen molar-refractivity contribution in [1.82, 2.24) is 5.32 Å². The molecule has 1 aromatic carbocycles. The molecular formula is C17H26ClN. The van der Waals surface area contributed by atoms with Crippen LogP contribution < -0.4 is 5.32 Å². The maximum absolute atomic E-state index is 6.21. The average Bonchev–Trinajstić information content (AvgIpc) is 2.63. The Morgan fingerprint density at radius 3 is 2.42 bits per heavy atom. The van der Waals surface area contributed by atoms with E-state index in [0.717, 1.165) is 11.6 Å². The maximum Gasteiger partial charge on any atom is 0.0408 e. The summed E-state index contributed by atoms with van der Waals surface area (Å²) in [6.45, 7) is 5.52. The Bertz CT molecular complexity index is 392. The highest BCUT2D eigenvalue weighted by Crippen LogP contribution is 2.38. The summed E-state index contributed by atoms with van der Waals surface area (Å²) in [5.74, 6) is 0. The van der Waals surface area contributed by atoms with E-state index in [1.807, 2.05) is 6.07 Å². The summed E-state index contributed by atoms with van der Waals surface area (Å²) in [6, 6.07) is 9.05. The second kappa shape index (κ2) is 6.76. The Balaban J connectivity index is 2.26. The van der Waals surface area contributed by atoms with Gasteiger partial charge in [0.1, 0.15) is 0 Å². The van der Waals surface area contributed by atoms with Crippen molar-refractivity contribution >= 4 is 11.6 Å². The van der Waals surface area contributed by atoms with E-state index in [9.17, 15) is 0 Å². The molecule has 0 bridgehead atoms. The van der Waals surface area contributed by atoms with Crippen molar-refractivity contribution in [2.45, 2.75) is 63.8 Å². The Labute approximate surface area is 122 Å². The third kappa shape index (κ3) is 3.97. The molecule has 0 saturated heterocycles. The van der Waals surface area contributed by atoms with Gasteiger partial charge >= 0.3 is 0 Å². The van der Waals surface area contributed by atoms with Crippen molar-refractivity contribution in [3.63, 3.8) is 0 Å². The molecule has 0 spiro atoms. The van der Waals surface area contributed by atoms with Crippen LogP contribution >= 0.6 is 11.6 Å². The minimum Gasteiger partial charge on any atom is -0.314 e. The van der Waals surface area contributed by atoms with Gasteiger partial charge in [-0.05, 0) is 30.5 Å². The van der Waals surface area contributed by atoms with E-state index in [-0.39, 0.29) is 5.41 Å². The van der Waals surface area contributed by atoms with E-state index in [2.05, 4.69) is 37.4 Å². The van der Waals surface area contributed by atoms with Gasteiger partial charge in [0.2, 0.25) is 0 Å². The lowest BCUT2D eigenvalue weighted by Crippen LogP contribution is -2.40. The van der Waals surface area contributed by atoms with Crippen LogP contribution in [0.15, 0.2) is 24.3 Å². The first-order valence-electron chi connectivity index (χ1n) is 7.62. The molecule has 0 aliphatic heterocycles. The molecule has 1 aromatic rings. The first kappa shape index (κ1) is 14.9. The minimum atomic E-state index is 0.283. The molecule has 1 nitrogen and oxygen atoms in total. The monoisotopic (exact) mass is 279 g/mol. The molecule has 0 aromatic heterocycles. The molecule has 1 saturated carbocycles. The number of hydrogen-bond acceptors (Lipinski definition) is 1. The molecule has 0 unspecified atom stereocenters. The van der Waals surface area contributed by atoms with Gasteiger partial charge in [-0.2, -0.15) is 0 Å². The lowest BCUT2D eigenvalue weighted by molar-refractivity contribution is 0.336. The minimum absolute atomic E-state index is 0.283. The normalized spacial score (nSPS) is 19.4.